The van der Waals surface area contributed by atoms with Gasteiger partial charge in [-0.05, 0) is 49.2 Å². The number of hydrogen-bond acceptors (Lipinski definition) is 3. The molecule has 1 saturated heterocycles. The van der Waals surface area contributed by atoms with E-state index < -0.39 is 0 Å². The second kappa shape index (κ2) is 8.52. The molecular formula is C20H25ClN3O2+. The number of ether oxygens (including phenoxy) is 1. The highest BCUT2D eigenvalue weighted by Crippen LogP contribution is 2.27. The summed E-state index contributed by atoms with van der Waals surface area (Å²) in [6.45, 7) is 8.37. The molecule has 0 saturated carbocycles. The van der Waals surface area contributed by atoms with Crippen molar-refractivity contribution in [3.63, 3.8) is 0 Å². The van der Waals surface area contributed by atoms with Gasteiger partial charge < -0.3 is 14.5 Å². The van der Waals surface area contributed by atoms with Crippen LogP contribution in [0.1, 0.15) is 16.7 Å². The number of carbonyl (C=O) groups is 1. The first kappa shape index (κ1) is 18.7. The van der Waals surface area contributed by atoms with Crippen molar-refractivity contribution in [3.05, 3.63) is 58.4 Å². The van der Waals surface area contributed by atoms with Crippen molar-refractivity contribution in [1.29, 1.82) is 0 Å². The molecule has 0 unspecified atom stereocenters. The third-order valence-electron chi connectivity index (χ3n) is 4.79. The predicted molar refractivity (Wildman–Crippen MR) is 102 cm³/mol. The Bertz CT molecular complexity index is 736. The van der Waals surface area contributed by atoms with Gasteiger partial charge in [0.15, 0.2) is 6.61 Å². The van der Waals surface area contributed by atoms with Crippen molar-refractivity contribution in [2.45, 2.75) is 20.4 Å². The number of benzene rings is 1. The molecule has 5 nitrogen and oxygen atoms in total. The molecule has 1 aromatic carbocycles. The van der Waals surface area contributed by atoms with Gasteiger partial charge in [0, 0.05) is 23.0 Å². The number of halogens is 1. The summed E-state index contributed by atoms with van der Waals surface area (Å²) in [4.78, 5) is 19.9. The predicted octanol–water partition coefficient (Wildman–Crippen LogP) is 1.66. The SMILES string of the molecule is Cc1cc(Cl)cc(C)c1OCC(=O)N1CC[NH+](Cc2ccncc2)CC1. The normalized spacial score (nSPS) is 15.1. The molecule has 3 rings (SSSR count). The van der Waals surface area contributed by atoms with Crippen LogP contribution in [0.5, 0.6) is 5.75 Å². The van der Waals surface area contributed by atoms with E-state index in [-0.39, 0.29) is 12.5 Å². The Morgan fingerprint density at radius 2 is 1.81 bits per heavy atom. The van der Waals surface area contributed by atoms with Crippen LogP contribution >= 0.6 is 11.6 Å². The Morgan fingerprint density at radius 3 is 2.42 bits per heavy atom. The molecule has 1 aliphatic rings. The third kappa shape index (κ3) is 4.74. The van der Waals surface area contributed by atoms with E-state index in [1.54, 1.807) is 0 Å². The zero-order chi connectivity index (χ0) is 18.5. The number of nitrogens with zero attached hydrogens (tertiary/aromatic N) is 2. The first-order valence-electron chi connectivity index (χ1n) is 8.92. The van der Waals surface area contributed by atoms with Crippen molar-refractivity contribution in [2.24, 2.45) is 0 Å². The molecule has 2 heterocycles. The maximum Gasteiger partial charge on any atom is 0.260 e. The Labute approximate surface area is 159 Å². The highest BCUT2D eigenvalue weighted by molar-refractivity contribution is 6.30. The van der Waals surface area contributed by atoms with Crippen LogP contribution in [0.15, 0.2) is 36.7 Å². The van der Waals surface area contributed by atoms with Crippen LogP contribution in [0.2, 0.25) is 5.02 Å². The smallest absolute Gasteiger partial charge is 0.260 e. The number of hydrogen-bond donors (Lipinski definition) is 1. The molecule has 1 N–H and O–H groups in total. The minimum Gasteiger partial charge on any atom is -0.483 e. The molecular weight excluding hydrogens is 350 g/mol. The summed E-state index contributed by atoms with van der Waals surface area (Å²) in [6, 6.07) is 7.81. The zero-order valence-corrected chi connectivity index (χ0v) is 16.1. The van der Waals surface area contributed by atoms with Gasteiger partial charge in [0.25, 0.3) is 5.91 Å². The maximum absolute atomic E-state index is 12.5. The number of piperazine rings is 1. The molecule has 0 spiro atoms. The number of nitrogens with one attached hydrogen (secondary N) is 1. The van der Waals surface area contributed by atoms with E-state index in [0.29, 0.717) is 5.02 Å². The first-order valence-corrected chi connectivity index (χ1v) is 9.30. The lowest BCUT2D eigenvalue weighted by molar-refractivity contribution is -0.917. The summed E-state index contributed by atoms with van der Waals surface area (Å²) in [6.07, 6.45) is 3.65. The lowest BCUT2D eigenvalue weighted by Crippen LogP contribution is -3.13. The van der Waals surface area contributed by atoms with Crippen molar-refractivity contribution >= 4 is 17.5 Å². The van der Waals surface area contributed by atoms with E-state index in [4.69, 9.17) is 16.3 Å². The summed E-state index contributed by atoms with van der Waals surface area (Å²) in [7, 11) is 0. The van der Waals surface area contributed by atoms with E-state index in [2.05, 4.69) is 17.1 Å². The van der Waals surface area contributed by atoms with Crippen molar-refractivity contribution in [1.82, 2.24) is 9.88 Å². The van der Waals surface area contributed by atoms with E-state index >= 15 is 0 Å². The van der Waals surface area contributed by atoms with E-state index in [1.165, 1.54) is 10.5 Å². The third-order valence-corrected chi connectivity index (χ3v) is 5.01. The van der Waals surface area contributed by atoms with Crippen LogP contribution in [0.25, 0.3) is 0 Å². The van der Waals surface area contributed by atoms with Gasteiger partial charge in [-0.3, -0.25) is 9.78 Å². The molecule has 1 amide bonds. The lowest BCUT2D eigenvalue weighted by atomic mass is 10.1. The maximum atomic E-state index is 12.5. The molecule has 6 heteroatoms. The Kier molecular flexibility index (Phi) is 6.12. The molecule has 0 atom stereocenters. The van der Waals surface area contributed by atoms with Gasteiger partial charge in [0.2, 0.25) is 0 Å². The molecule has 0 aliphatic carbocycles. The fraction of sp³-hybridized carbons (Fsp3) is 0.400. The van der Waals surface area contributed by atoms with Crippen LogP contribution in [0.4, 0.5) is 0 Å². The topological polar surface area (TPSA) is 46.9 Å². The highest BCUT2D eigenvalue weighted by Gasteiger charge is 2.24. The number of pyridine rings is 1. The van der Waals surface area contributed by atoms with Crippen molar-refractivity contribution in [2.75, 3.05) is 32.8 Å². The summed E-state index contributed by atoms with van der Waals surface area (Å²) >= 11 is 6.04. The summed E-state index contributed by atoms with van der Waals surface area (Å²) < 4.78 is 5.80. The Hall–Kier alpha value is -2.11. The van der Waals surface area contributed by atoms with E-state index in [1.807, 2.05) is 43.3 Å². The van der Waals surface area contributed by atoms with Crippen molar-refractivity contribution in [3.8, 4) is 5.75 Å². The number of aromatic nitrogens is 1. The average molecular weight is 375 g/mol. The lowest BCUT2D eigenvalue weighted by Gasteiger charge is -2.32. The number of quaternary nitrogens is 1. The fourth-order valence-electron chi connectivity index (χ4n) is 3.39. The van der Waals surface area contributed by atoms with Gasteiger partial charge in [-0.2, -0.15) is 0 Å². The summed E-state index contributed by atoms with van der Waals surface area (Å²) in [5.74, 6) is 0.798. The molecule has 26 heavy (non-hydrogen) atoms. The zero-order valence-electron chi connectivity index (χ0n) is 15.3. The number of rotatable bonds is 5. The highest BCUT2D eigenvalue weighted by atomic mass is 35.5. The minimum absolute atomic E-state index is 0.0433. The minimum atomic E-state index is 0.0433. The second-order valence-corrected chi connectivity index (χ2v) is 7.26. The molecule has 1 aromatic heterocycles. The standard InChI is InChI=1S/C20H24ClN3O2/c1-15-11-18(21)12-16(2)20(15)26-14-19(25)24-9-7-23(8-10-24)13-17-3-5-22-6-4-17/h3-6,11-12H,7-10,13-14H2,1-2H3/p+1. The van der Waals surface area contributed by atoms with Crippen LogP contribution in [0, 0.1) is 13.8 Å². The number of aryl methyl sites for hydroxylation is 2. The van der Waals surface area contributed by atoms with Gasteiger partial charge in [-0.1, -0.05) is 11.6 Å². The van der Waals surface area contributed by atoms with Crippen LogP contribution < -0.4 is 9.64 Å². The van der Waals surface area contributed by atoms with Crippen LogP contribution in [-0.2, 0) is 11.3 Å². The Morgan fingerprint density at radius 1 is 1.19 bits per heavy atom. The van der Waals surface area contributed by atoms with Gasteiger partial charge in [-0.15, -0.1) is 0 Å². The van der Waals surface area contributed by atoms with Gasteiger partial charge in [-0.25, -0.2) is 0 Å². The fourth-order valence-corrected chi connectivity index (χ4v) is 3.72. The molecule has 1 aliphatic heterocycles. The molecule has 0 bridgehead atoms. The monoisotopic (exact) mass is 374 g/mol. The number of amides is 1. The summed E-state index contributed by atoms with van der Waals surface area (Å²) in [5, 5.41) is 0.687. The second-order valence-electron chi connectivity index (χ2n) is 6.82. The van der Waals surface area contributed by atoms with E-state index in [0.717, 1.165) is 49.6 Å². The summed E-state index contributed by atoms with van der Waals surface area (Å²) in [5.41, 5.74) is 3.19. The van der Waals surface area contributed by atoms with Crippen LogP contribution in [-0.4, -0.2) is 48.6 Å². The van der Waals surface area contributed by atoms with Crippen LogP contribution in [0.3, 0.4) is 0 Å². The molecule has 0 radical (unpaired) electrons. The first-order chi connectivity index (χ1) is 12.5. The molecule has 138 valence electrons. The quantitative estimate of drug-likeness (QED) is 0.865. The van der Waals surface area contributed by atoms with Crippen molar-refractivity contribution < 1.29 is 14.4 Å². The largest absolute Gasteiger partial charge is 0.483 e. The molecule has 1 fully saturated rings. The molecule has 2 aromatic rings. The Balaban J connectivity index is 1.48. The van der Waals surface area contributed by atoms with Gasteiger partial charge >= 0.3 is 0 Å². The van der Waals surface area contributed by atoms with E-state index in [9.17, 15) is 4.79 Å². The van der Waals surface area contributed by atoms with Gasteiger partial charge in [0.05, 0.1) is 26.2 Å². The average Bonchev–Trinajstić information content (AvgIpc) is 2.62. The van der Waals surface area contributed by atoms with Gasteiger partial charge in [0.1, 0.15) is 12.3 Å². The number of carbonyl (C=O) groups excluding carboxylic acids is 1.